The van der Waals surface area contributed by atoms with Crippen LogP contribution in [0.1, 0.15) is 49.1 Å². The average molecular weight is 484 g/mol. The van der Waals surface area contributed by atoms with E-state index in [1.54, 1.807) is 0 Å². The molecule has 1 fully saturated rings. The molecule has 1 aliphatic heterocycles. The number of hydrogen-bond donors (Lipinski definition) is 1. The number of aliphatic hydroxyl groups is 1. The van der Waals surface area contributed by atoms with E-state index in [1.807, 2.05) is 72.5 Å². The van der Waals surface area contributed by atoms with Crippen molar-refractivity contribution in [2.45, 2.75) is 51.7 Å². The number of para-hydroxylation sites is 2. The number of nitrogens with zero attached hydrogens (tertiary/aromatic N) is 3. The minimum atomic E-state index is -0.726. The molecule has 3 aromatic carbocycles. The highest BCUT2D eigenvalue weighted by molar-refractivity contribution is 5.96. The molecule has 4 aromatic rings. The van der Waals surface area contributed by atoms with Crippen LogP contribution in [-0.2, 0) is 11.3 Å². The van der Waals surface area contributed by atoms with Crippen molar-refractivity contribution >= 4 is 22.6 Å². The van der Waals surface area contributed by atoms with Gasteiger partial charge in [-0.15, -0.1) is 0 Å². The molecule has 0 aliphatic carbocycles. The van der Waals surface area contributed by atoms with Crippen LogP contribution in [0.3, 0.4) is 0 Å². The summed E-state index contributed by atoms with van der Waals surface area (Å²) in [6, 6.07) is 24.0. The van der Waals surface area contributed by atoms with Gasteiger partial charge in [0.1, 0.15) is 24.3 Å². The Balaban J connectivity index is 1.34. The normalized spacial score (nSPS) is 16.8. The molecule has 5 rings (SSSR count). The van der Waals surface area contributed by atoms with Gasteiger partial charge in [0, 0.05) is 24.6 Å². The van der Waals surface area contributed by atoms with Crippen LogP contribution in [0.2, 0.25) is 0 Å². The van der Waals surface area contributed by atoms with Gasteiger partial charge in [0.05, 0.1) is 17.6 Å². The zero-order valence-corrected chi connectivity index (χ0v) is 21.1. The Bertz CT molecular complexity index is 1340. The van der Waals surface area contributed by atoms with Gasteiger partial charge in [-0.05, 0) is 54.8 Å². The molecule has 36 heavy (non-hydrogen) atoms. The Morgan fingerprint density at radius 3 is 2.47 bits per heavy atom. The first kappa shape index (κ1) is 24.1. The molecule has 0 radical (unpaired) electrons. The van der Waals surface area contributed by atoms with Gasteiger partial charge in [-0.3, -0.25) is 4.79 Å². The molecule has 1 N–H and O–H groups in total. The van der Waals surface area contributed by atoms with Gasteiger partial charge < -0.3 is 19.3 Å². The van der Waals surface area contributed by atoms with Crippen LogP contribution in [0.25, 0.3) is 11.0 Å². The smallest absolute Gasteiger partial charge is 0.227 e. The zero-order valence-electron chi connectivity index (χ0n) is 21.1. The number of fused-ring (bicyclic) bond motifs is 1. The number of aliphatic hydroxyl groups excluding tert-OH is 1. The number of carbonyl (C=O) groups excluding carboxylic acids is 1. The summed E-state index contributed by atoms with van der Waals surface area (Å²) < 4.78 is 7.94. The van der Waals surface area contributed by atoms with Crippen molar-refractivity contribution in [1.82, 2.24) is 9.55 Å². The predicted octanol–water partition coefficient (Wildman–Crippen LogP) is 5.43. The Morgan fingerprint density at radius 1 is 1.03 bits per heavy atom. The van der Waals surface area contributed by atoms with Crippen molar-refractivity contribution in [2.24, 2.45) is 0 Å². The molecule has 0 saturated carbocycles. The summed E-state index contributed by atoms with van der Waals surface area (Å²) in [6.45, 7) is 7.44. The Labute approximate surface area is 212 Å². The summed E-state index contributed by atoms with van der Waals surface area (Å²) in [5.41, 5.74) is 5.15. The first-order valence-electron chi connectivity index (χ1n) is 12.6. The summed E-state index contributed by atoms with van der Waals surface area (Å²) in [5, 5.41) is 10.9. The summed E-state index contributed by atoms with van der Waals surface area (Å²) >= 11 is 0. The average Bonchev–Trinajstić information content (AvgIpc) is 3.44. The maximum Gasteiger partial charge on any atom is 0.227 e. The molecule has 2 atom stereocenters. The molecular formula is C30H33N3O3. The Morgan fingerprint density at radius 2 is 1.75 bits per heavy atom. The number of aryl methyl sites for hydroxylation is 1. The summed E-state index contributed by atoms with van der Waals surface area (Å²) in [6.07, 6.45) is -0.331. The van der Waals surface area contributed by atoms with Gasteiger partial charge in [-0.2, -0.15) is 0 Å². The van der Waals surface area contributed by atoms with Crippen molar-refractivity contribution < 1.29 is 14.6 Å². The Kier molecular flexibility index (Phi) is 6.79. The minimum absolute atomic E-state index is 0.0529. The highest BCUT2D eigenvalue weighted by Crippen LogP contribution is 2.33. The molecule has 1 aromatic heterocycles. The SMILES string of the molecule is Cc1ccc(N2C[C@@H](c3nc4ccccc4n3C[C@H](O)COc3ccc(C(C)C)cc3)CC2=O)cc1. The summed E-state index contributed by atoms with van der Waals surface area (Å²) in [5.74, 6) is 2.07. The van der Waals surface area contributed by atoms with Crippen molar-refractivity contribution in [3.8, 4) is 5.75 Å². The number of hydrogen-bond acceptors (Lipinski definition) is 4. The van der Waals surface area contributed by atoms with Gasteiger partial charge in [0.25, 0.3) is 0 Å². The lowest BCUT2D eigenvalue weighted by atomic mass is 10.0. The van der Waals surface area contributed by atoms with Crippen LogP contribution in [-0.4, -0.2) is 39.8 Å². The van der Waals surface area contributed by atoms with Gasteiger partial charge in [0.15, 0.2) is 0 Å². The lowest BCUT2D eigenvalue weighted by Gasteiger charge is -2.19. The first-order valence-corrected chi connectivity index (χ1v) is 12.6. The third-order valence-corrected chi connectivity index (χ3v) is 6.90. The molecule has 1 saturated heterocycles. The van der Waals surface area contributed by atoms with Crippen LogP contribution < -0.4 is 9.64 Å². The van der Waals surface area contributed by atoms with E-state index in [-0.39, 0.29) is 18.4 Å². The second kappa shape index (κ2) is 10.2. The number of ether oxygens (including phenoxy) is 1. The van der Waals surface area contributed by atoms with Crippen molar-refractivity contribution in [3.05, 3.63) is 89.7 Å². The van der Waals surface area contributed by atoms with Gasteiger partial charge in [0.2, 0.25) is 5.91 Å². The fourth-order valence-electron chi connectivity index (χ4n) is 4.86. The number of imidazole rings is 1. The summed E-state index contributed by atoms with van der Waals surface area (Å²) in [7, 11) is 0. The maximum absolute atomic E-state index is 12.9. The summed E-state index contributed by atoms with van der Waals surface area (Å²) in [4.78, 5) is 19.7. The second-order valence-corrected chi connectivity index (χ2v) is 10.00. The monoisotopic (exact) mass is 483 g/mol. The third kappa shape index (κ3) is 5.00. The molecule has 1 aliphatic rings. The maximum atomic E-state index is 12.9. The number of aromatic nitrogens is 2. The molecule has 0 bridgehead atoms. The highest BCUT2D eigenvalue weighted by atomic mass is 16.5. The van der Waals surface area contributed by atoms with E-state index in [2.05, 4.69) is 30.5 Å². The molecule has 2 heterocycles. The molecular weight excluding hydrogens is 450 g/mol. The third-order valence-electron chi connectivity index (χ3n) is 6.90. The van der Waals surface area contributed by atoms with E-state index in [1.165, 1.54) is 5.56 Å². The van der Waals surface area contributed by atoms with E-state index in [0.717, 1.165) is 33.9 Å². The van der Waals surface area contributed by atoms with Crippen LogP contribution in [0.15, 0.2) is 72.8 Å². The van der Waals surface area contributed by atoms with Gasteiger partial charge >= 0.3 is 0 Å². The zero-order chi connectivity index (χ0) is 25.2. The lowest BCUT2D eigenvalue weighted by Crippen LogP contribution is -2.26. The fraction of sp³-hybridized carbons (Fsp3) is 0.333. The topological polar surface area (TPSA) is 67.6 Å². The number of anilines is 1. The minimum Gasteiger partial charge on any atom is -0.491 e. The molecule has 6 heteroatoms. The molecule has 6 nitrogen and oxygen atoms in total. The molecule has 0 unspecified atom stereocenters. The quantitative estimate of drug-likeness (QED) is 0.363. The van der Waals surface area contributed by atoms with Crippen LogP contribution >= 0.6 is 0 Å². The number of carbonyl (C=O) groups is 1. The van der Waals surface area contributed by atoms with Crippen molar-refractivity contribution in [3.63, 3.8) is 0 Å². The van der Waals surface area contributed by atoms with Gasteiger partial charge in [-0.25, -0.2) is 4.98 Å². The fourth-order valence-corrected chi connectivity index (χ4v) is 4.86. The van der Waals surface area contributed by atoms with E-state index in [4.69, 9.17) is 9.72 Å². The van der Waals surface area contributed by atoms with Gasteiger partial charge in [-0.1, -0.05) is 55.8 Å². The van der Waals surface area contributed by atoms with Crippen molar-refractivity contribution in [1.29, 1.82) is 0 Å². The molecule has 1 amide bonds. The Hall–Kier alpha value is -3.64. The highest BCUT2D eigenvalue weighted by Gasteiger charge is 2.35. The first-order chi connectivity index (χ1) is 17.4. The largest absolute Gasteiger partial charge is 0.491 e. The van der Waals surface area contributed by atoms with E-state index >= 15 is 0 Å². The number of rotatable bonds is 8. The number of amides is 1. The molecule has 186 valence electrons. The molecule has 0 spiro atoms. The van der Waals surface area contributed by atoms with Crippen molar-refractivity contribution in [2.75, 3.05) is 18.1 Å². The van der Waals surface area contributed by atoms with Crippen LogP contribution in [0.4, 0.5) is 5.69 Å². The van der Waals surface area contributed by atoms with Crippen LogP contribution in [0, 0.1) is 6.92 Å². The van der Waals surface area contributed by atoms with E-state index < -0.39 is 6.10 Å². The number of benzene rings is 3. The van der Waals surface area contributed by atoms with E-state index in [0.29, 0.717) is 25.4 Å². The van der Waals surface area contributed by atoms with E-state index in [9.17, 15) is 9.90 Å². The predicted molar refractivity (Wildman–Crippen MR) is 143 cm³/mol. The standard InChI is InChI=1S/C30H33N3O3/c1-20(2)22-10-14-26(15-11-22)36-19-25(34)18-33-28-7-5-4-6-27(28)31-30(33)23-16-29(35)32(17-23)24-12-8-21(3)9-13-24/h4-15,20,23,25,34H,16-19H2,1-3H3/t23-,25-/m0/s1. The second-order valence-electron chi connectivity index (χ2n) is 10.00. The lowest BCUT2D eigenvalue weighted by molar-refractivity contribution is -0.117. The van der Waals surface area contributed by atoms with Crippen LogP contribution in [0.5, 0.6) is 5.75 Å².